The van der Waals surface area contributed by atoms with Crippen LogP contribution in [0.2, 0.25) is 0 Å². The van der Waals surface area contributed by atoms with E-state index in [4.69, 9.17) is 4.74 Å². The van der Waals surface area contributed by atoms with Gasteiger partial charge in [-0.25, -0.2) is 18.7 Å². The average Bonchev–Trinajstić information content (AvgIpc) is 3.53. The summed E-state index contributed by atoms with van der Waals surface area (Å²) in [6, 6.07) is 10.0. The second-order valence-corrected chi connectivity index (χ2v) is 11.1. The number of hydrogen-bond donors (Lipinski definition) is 0. The van der Waals surface area contributed by atoms with Gasteiger partial charge in [0.1, 0.15) is 23.1 Å². The fourth-order valence-corrected chi connectivity index (χ4v) is 6.40. The number of Topliss-reactive ketones (excluding diaryl/α,β-unsaturated/α-hetero) is 1. The summed E-state index contributed by atoms with van der Waals surface area (Å²) in [6.45, 7) is 0.963. The first-order valence-corrected chi connectivity index (χ1v) is 13.8. The Hall–Kier alpha value is -3.35. The molecule has 2 bridgehead atoms. The largest absolute Gasteiger partial charge is 0.496 e. The van der Waals surface area contributed by atoms with Crippen LogP contribution >= 0.6 is 0 Å². The van der Waals surface area contributed by atoms with Gasteiger partial charge >= 0.3 is 0 Å². The number of fused-ring (bicyclic) bond motifs is 2. The van der Waals surface area contributed by atoms with Gasteiger partial charge in [-0.1, -0.05) is 25.3 Å². The molecule has 0 unspecified atom stereocenters. The number of aromatic nitrogens is 2. The number of carbonyl (C=O) groups excluding carboxylic acids is 1. The fraction of sp³-hybridized carbons (Fsp3) is 0.452. The van der Waals surface area contributed by atoms with Gasteiger partial charge in [0.2, 0.25) is 0 Å². The number of rotatable bonds is 9. The van der Waals surface area contributed by atoms with Crippen LogP contribution in [-0.4, -0.2) is 35.4 Å². The van der Waals surface area contributed by atoms with Crippen molar-refractivity contribution in [3.63, 3.8) is 0 Å². The normalized spacial score (nSPS) is 20.6. The van der Waals surface area contributed by atoms with Crippen molar-refractivity contribution in [2.75, 3.05) is 18.6 Å². The molecule has 1 aliphatic heterocycles. The third-order valence-corrected chi connectivity index (χ3v) is 8.72. The van der Waals surface area contributed by atoms with E-state index in [1.165, 1.54) is 57.5 Å². The third kappa shape index (κ3) is 4.79. The molecule has 2 aliphatic carbocycles. The average molecular weight is 518 g/mol. The molecule has 5 nitrogen and oxygen atoms in total. The molecule has 2 aromatic carbocycles. The SMILES string of the molecule is COc1cccc(F)c1-c1nccc(C(=O)Cc2cc(F)c(CCC3CCC3)cc2N2C[C@H]3CC[C@@H]2C3)n1. The number of aryl methyl sites for hydroxylation is 1. The summed E-state index contributed by atoms with van der Waals surface area (Å²) in [6.07, 6.45) is 10.6. The van der Waals surface area contributed by atoms with Crippen LogP contribution in [0.4, 0.5) is 14.5 Å². The third-order valence-electron chi connectivity index (χ3n) is 8.72. The van der Waals surface area contributed by atoms with Crippen molar-refractivity contribution in [2.45, 2.75) is 63.8 Å². The fourth-order valence-electron chi connectivity index (χ4n) is 6.40. The molecule has 1 saturated heterocycles. The lowest BCUT2D eigenvalue weighted by Gasteiger charge is -2.32. The predicted octanol–water partition coefficient (Wildman–Crippen LogP) is 6.58. The molecule has 2 saturated carbocycles. The number of ether oxygens (including phenoxy) is 1. The smallest absolute Gasteiger partial charge is 0.185 e. The van der Waals surface area contributed by atoms with Crippen molar-refractivity contribution in [2.24, 2.45) is 11.8 Å². The number of ketones is 1. The maximum absolute atomic E-state index is 15.3. The minimum atomic E-state index is -0.528. The van der Waals surface area contributed by atoms with Crippen LogP contribution < -0.4 is 9.64 Å². The molecule has 7 heteroatoms. The number of methoxy groups -OCH3 is 1. The number of halogens is 2. The molecule has 0 radical (unpaired) electrons. The van der Waals surface area contributed by atoms with Gasteiger partial charge in [-0.15, -0.1) is 0 Å². The van der Waals surface area contributed by atoms with Gasteiger partial charge in [-0.2, -0.15) is 0 Å². The molecular weight excluding hydrogens is 484 g/mol. The van der Waals surface area contributed by atoms with Crippen LogP contribution in [0.3, 0.4) is 0 Å². The summed E-state index contributed by atoms with van der Waals surface area (Å²) in [7, 11) is 1.45. The molecule has 3 aliphatic rings. The van der Waals surface area contributed by atoms with Crippen LogP contribution in [0, 0.1) is 23.5 Å². The molecule has 0 amide bonds. The molecule has 1 aromatic heterocycles. The molecule has 198 valence electrons. The molecule has 38 heavy (non-hydrogen) atoms. The number of hydrogen-bond acceptors (Lipinski definition) is 5. The van der Waals surface area contributed by atoms with Crippen molar-refractivity contribution < 1.29 is 18.3 Å². The van der Waals surface area contributed by atoms with Gasteiger partial charge in [0.25, 0.3) is 0 Å². The van der Waals surface area contributed by atoms with Crippen molar-refractivity contribution >= 4 is 11.5 Å². The first-order chi connectivity index (χ1) is 18.5. The monoisotopic (exact) mass is 517 g/mol. The topological polar surface area (TPSA) is 55.3 Å². The minimum absolute atomic E-state index is 0.0217. The molecule has 6 rings (SSSR count). The van der Waals surface area contributed by atoms with Crippen LogP contribution in [-0.2, 0) is 12.8 Å². The van der Waals surface area contributed by atoms with Gasteiger partial charge in [0.05, 0.1) is 12.7 Å². The van der Waals surface area contributed by atoms with E-state index in [1.807, 2.05) is 6.07 Å². The number of anilines is 1. The quantitative estimate of drug-likeness (QED) is 0.300. The van der Waals surface area contributed by atoms with Crippen LogP contribution in [0.15, 0.2) is 42.6 Å². The maximum Gasteiger partial charge on any atom is 0.185 e. The van der Waals surface area contributed by atoms with E-state index in [9.17, 15) is 9.18 Å². The van der Waals surface area contributed by atoms with Crippen LogP contribution in [0.1, 0.15) is 66.6 Å². The van der Waals surface area contributed by atoms with E-state index in [0.717, 1.165) is 37.1 Å². The zero-order chi connectivity index (χ0) is 26.2. The van der Waals surface area contributed by atoms with Crippen molar-refractivity contribution in [3.8, 4) is 17.1 Å². The summed E-state index contributed by atoms with van der Waals surface area (Å²) in [5.74, 6) is 0.742. The van der Waals surface area contributed by atoms with Gasteiger partial charge < -0.3 is 9.64 Å². The molecule has 0 spiro atoms. The highest BCUT2D eigenvalue weighted by Crippen LogP contribution is 2.42. The van der Waals surface area contributed by atoms with Crippen molar-refractivity contribution in [1.29, 1.82) is 0 Å². The van der Waals surface area contributed by atoms with E-state index in [0.29, 0.717) is 29.2 Å². The summed E-state index contributed by atoms with van der Waals surface area (Å²) >= 11 is 0. The summed E-state index contributed by atoms with van der Waals surface area (Å²) in [4.78, 5) is 24.5. The van der Waals surface area contributed by atoms with Gasteiger partial charge in [0, 0.05) is 30.9 Å². The Morgan fingerprint density at radius 3 is 2.66 bits per heavy atom. The first-order valence-electron chi connectivity index (χ1n) is 13.8. The Morgan fingerprint density at radius 2 is 1.95 bits per heavy atom. The van der Waals surface area contributed by atoms with Crippen molar-refractivity contribution in [1.82, 2.24) is 9.97 Å². The zero-order valence-electron chi connectivity index (χ0n) is 21.8. The Bertz CT molecular complexity index is 1360. The highest BCUT2D eigenvalue weighted by molar-refractivity contribution is 5.97. The number of carbonyl (C=O) groups is 1. The highest BCUT2D eigenvalue weighted by Gasteiger charge is 2.39. The molecule has 0 N–H and O–H groups in total. The Labute approximate surface area is 222 Å². The first kappa shape index (κ1) is 25.0. The van der Waals surface area contributed by atoms with E-state index < -0.39 is 5.82 Å². The van der Waals surface area contributed by atoms with Gasteiger partial charge in [-0.05, 0) is 85.4 Å². The lowest BCUT2D eigenvalue weighted by Crippen LogP contribution is -2.33. The van der Waals surface area contributed by atoms with Crippen LogP contribution in [0.25, 0.3) is 11.4 Å². The van der Waals surface area contributed by atoms with Crippen molar-refractivity contribution in [3.05, 3.63) is 71.1 Å². The summed E-state index contributed by atoms with van der Waals surface area (Å²) < 4.78 is 35.3. The predicted molar refractivity (Wildman–Crippen MR) is 143 cm³/mol. The number of benzene rings is 2. The zero-order valence-corrected chi connectivity index (χ0v) is 21.8. The molecule has 2 heterocycles. The van der Waals surface area contributed by atoms with Gasteiger partial charge in [-0.3, -0.25) is 4.79 Å². The maximum atomic E-state index is 15.3. The molecular formula is C31H33F2N3O2. The van der Waals surface area contributed by atoms with E-state index in [2.05, 4.69) is 14.9 Å². The Balaban J connectivity index is 1.30. The lowest BCUT2D eigenvalue weighted by atomic mass is 9.81. The Kier molecular flexibility index (Phi) is 6.85. The summed E-state index contributed by atoms with van der Waals surface area (Å²) in [5, 5.41) is 0. The number of piperidine rings is 1. The van der Waals surface area contributed by atoms with E-state index in [1.54, 1.807) is 18.2 Å². The molecule has 3 fully saturated rings. The molecule has 2 atom stereocenters. The Morgan fingerprint density at radius 1 is 1.08 bits per heavy atom. The molecule has 3 aromatic rings. The highest BCUT2D eigenvalue weighted by atomic mass is 19.1. The second-order valence-electron chi connectivity index (χ2n) is 11.1. The lowest BCUT2D eigenvalue weighted by molar-refractivity contribution is 0.0988. The standard InChI is InChI=1S/C31H33F2N3O2/c1-38-29-7-3-6-24(32)30(29)31-34-13-12-26(35-31)28(37)17-22-15-25(33)21(10-8-19-4-2-5-19)16-27(22)36-18-20-9-11-23(36)14-20/h3,6-7,12-13,15-16,19-20,23H,2,4-5,8-11,14,17-18H2,1H3/t20-,23+/m0/s1. The van der Waals surface area contributed by atoms with E-state index in [-0.39, 0.29) is 35.1 Å². The van der Waals surface area contributed by atoms with Gasteiger partial charge in [0.15, 0.2) is 11.6 Å². The number of nitrogens with zero attached hydrogens (tertiary/aromatic N) is 3. The van der Waals surface area contributed by atoms with Crippen LogP contribution in [0.5, 0.6) is 5.75 Å². The minimum Gasteiger partial charge on any atom is -0.496 e. The summed E-state index contributed by atoms with van der Waals surface area (Å²) in [5.41, 5.74) is 2.71. The van der Waals surface area contributed by atoms with E-state index >= 15 is 4.39 Å². The second kappa shape index (κ2) is 10.4.